The van der Waals surface area contributed by atoms with E-state index in [-0.39, 0.29) is 12.0 Å². The number of nitrogens with one attached hydrogen (secondary N) is 1. The van der Waals surface area contributed by atoms with Crippen LogP contribution in [0.2, 0.25) is 0 Å². The van der Waals surface area contributed by atoms with Crippen molar-refractivity contribution in [1.29, 1.82) is 0 Å². The van der Waals surface area contributed by atoms with Crippen LogP contribution in [0.5, 0.6) is 0 Å². The number of halogens is 1. The monoisotopic (exact) mass is 345 g/mol. The van der Waals surface area contributed by atoms with Crippen LogP contribution < -0.4 is 5.32 Å². The molecule has 106 valence electrons. The fraction of sp³-hybridized carbons (Fsp3) is 0.500. The Bertz CT molecular complexity index is 384. The van der Waals surface area contributed by atoms with E-state index in [9.17, 15) is 9.90 Å². The number of carbonyl (C=O) groups excluding carboxylic acids is 1. The lowest BCUT2D eigenvalue weighted by Crippen LogP contribution is -2.27. The van der Waals surface area contributed by atoms with E-state index in [0.717, 1.165) is 21.5 Å². The van der Waals surface area contributed by atoms with Crippen molar-refractivity contribution in [3.05, 3.63) is 28.7 Å². The van der Waals surface area contributed by atoms with E-state index in [1.807, 2.05) is 31.2 Å². The Balaban J connectivity index is 2.11. The van der Waals surface area contributed by atoms with Crippen molar-refractivity contribution in [2.75, 3.05) is 12.3 Å². The number of aliphatic hydroxyl groups excluding tert-OH is 1. The van der Waals surface area contributed by atoms with Crippen molar-refractivity contribution in [3.8, 4) is 0 Å². The number of amides is 1. The zero-order valence-corrected chi connectivity index (χ0v) is 13.5. The predicted octanol–water partition coefficient (Wildman–Crippen LogP) is 3.21. The molecule has 1 atom stereocenters. The fourth-order valence-corrected chi connectivity index (χ4v) is 2.58. The molecule has 0 aliphatic heterocycles. The van der Waals surface area contributed by atoms with Crippen molar-refractivity contribution in [3.63, 3.8) is 0 Å². The Labute approximate surface area is 127 Å². The smallest absolute Gasteiger partial charge is 0.220 e. The molecule has 0 spiro atoms. The molecule has 0 saturated heterocycles. The normalized spacial score (nSPS) is 12.2. The van der Waals surface area contributed by atoms with Crippen molar-refractivity contribution in [2.45, 2.75) is 37.2 Å². The fourth-order valence-electron chi connectivity index (χ4n) is 1.46. The Morgan fingerprint density at radius 1 is 1.42 bits per heavy atom. The Kier molecular flexibility index (Phi) is 8.18. The molecule has 5 heteroatoms. The molecule has 0 heterocycles. The number of hydrogen-bond donors (Lipinski definition) is 2. The summed E-state index contributed by atoms with van der Waals surface area (Å²) in [6.45, 7) is 2.48. The largest absolute Gasteiger partial charge is 0.393 e. The molecular formula is C14H20BrNO2S. The van der Waals surface area contributed by atoms with Gasteiger partial charge in [0.25, 0.3) is 0 Å². The number of hydrogen-bond acceptors (Lipinski definition) is 3. The van der Waals surface area contributed by atoms with Crippen LogP contribution in [0.15, 0.2) is 33.6 Å². The Hall–Kier alpha value is -0.520. The lowest BCUT2D eigenvalue weighted by atomic mass is 10.2. The highest BCUT2D eigenvalue weighted by atomic mass is 79.9. The molecule has 1 unspecified atom stereocenters. The summed E-state index contributed by atoms with van der Waals surface area (Å²) < 4.78 is 1.06. The molecule has 19 heavy (non-hydrogen) atoms. The van der Waals surface area contributed by atoms with Gasteiger partial charge in [-0.15, -0.1) is 11.8 Å². The van der Waals surface area contributed by atoms with E-state index in [1.54, 1.807) is 11.8 Å². The van der Waals surface area contributed by atoms with Crippen LogP contribution in [0.1, 0.15) is 26.2 Å². The summed E-state index contributed by atoms with van der Waals surface area (Å²) in [5.74, 6) is 0.817. The van der Waals surface area contributed by atoms with Crippen molar-refractivity contribution in [2.24, 2.45) is 0 Å². The van der Waals surface area contributed by atoms with Crippen molar-refractivity contribution < 1.29 is 9.90 Å². The third-order valence-corrected chi connectivity index (χ3v) is 4.22. The highest BCUT2D eigenvalue weighted by Gasteiger charge is 2.04. The predicted molar refractivity (Wildman–Crippen MR) is 83.4 cm³/mol. The minimum absolute atomic E-state index is 0.0490. The molecule has 1 amide bonds. The van der Waals surface area contributed by atoms with Crippen LogP contribution in [0.3, 0.4) is 0 Å². The van der Waals surface area contributed by atoms with Gasteiger partial charge in [-0.2, -0.15) is 0 Å². The maximum absolute atomic E-state index is 11.5. The third-order valence-electron chi connectivity index (χ3n) is 2.68. The molecule has 1 aromatic carbocycles. The summed E-state index contributed by atoms with van der Waals surface area (Å²) >= 11 is 5.06. The number of rotatable bonds is 8. The minimum atomic E-state index is -0.308. The third kappa shape index (κ3) is 7.60. The first-order valence-electron chi connectivity index (χ1n) is 6.45. The average Bonchev–Trinajstić information content (AvgIpc) is 2.41. The molecule has 0 bridgehead atoms. The second kappa shape index (κ2) is 9.39. The highest BCUT2D eigenvalue weighted by molar-refractivity contribution is 9.10. The SMILES string of the molecule is CCC(O)CCNC(=O)CCSc1ccc(Br)cc1. The van der Waals surface area contributed by atoms with Gasteiger partial charge in [0.1, 0.15) is 0 Å². The molecular weight excluding hydrogens is 326 g/mol. The minimum Gasteiger partial charge on any atom is -0.393 e. The average molecular weight is 346 g/mol. The van der Waals surface area contributed by atoms with E-state index in [2.05, 4.69) is 21.2 Å². The van der Waals surface area contributed by atoms with Gasteiger partial charge < -0.3 is 10.4 Å². The highest BCUT2D eigenvalue weighted by Crippen LogP contribution is 2.21. The zero-order valence-electron chi connectivity index (χ0n) is 11.1. The second-order valence-electron chi connectivity index (χ2n) is 4.25. The lowest BCUT2D eigenvalue weighted by Gasteiger charge is -2.08. The van der Waals surface area contributed by atoms with E-state index in [0.29, 0.717) is 19.4 Å². The van der Waals surface area contributed by atoms with Gasteiger partial charge in [0, 0.05) is 28.1 Å². The molecule has 2 N–H and O–H groups in total. The zero-order chi connectivity index (χ0) is 14.1. The van der Waals surface area contributed by atoms with Crippen LogP contribution in [0.25, 0.3) is 0 Å². The molecule has 0 aliphatic carbocycles. The molecule has 0 radical (unpaired) electrons. The number of carbonyl (C=O) groups is 1. The standard InChI is InChI=1S/C14H20BrNO2S/c1-2-12(17)7-9-16-14(18)8-10-19-13-5-3-11(15)4-6-13/h3-6,12,17H,2,7-10H2,1H3,(H,16,18). The molecule has 1 aromatic rings. The van der Waals surface area contributed by atoms with Gasteiger partial charge in [0.2, 0.25) is 5.91 Å². The van der Waals surface area contributed by atoms with Crippen LogP contribution in [-0.2, 0) is 4.79 Å². The summed E-state index contributed by atoms with van der Waals surface area (Å²) in [5.41, 5.74) is 0. The number of aliphatic hydroxyl groups is 1. The first-order valence-corrected chi connectivity index (χ1v) is 8.22. The molecule has 0 saturated carbocycles. The quantitative estimate of drug-likeness (QED) is 0.711. The van der Waals surface area contributed by atoms with Gasteiger partial charge in [0.05, 0.1) is 6.10 Å². The summed E-state index contributed by atoms with van der Waals surface area (Å²) in [6, 6.07) is 8.05. The van der Waals surface area contributed by atoms with Crippen LogP contribution in [0, 0.1) is 0 Å². The molecule has 0 aromatic heterocycles. The van der Waals surface area contributed by atoms with Gasteiger partial charge in [-0.3, -0.25) is 4.79 Å². The first kappa shape index (κ1) is 16.5. The molecule has 3 nitrogen and oxygen atoms in total. The van der Waals surface area contributed by atoms with Crippen LogP contribution in [-0.4, -0.2) is 29.4 Å². The van der Waals surface area contributed by atoms with E-state index < -0.39 is 0 Å². The van der Waals surface area contributed by atoms with E-state index in [1.165, 1.54) is 0 Å². The van der Waals surface area contributed by atoms with Gasteiger partial charge >= 0.3 is 0 Å². The lowest BCUT2D eigenvalue weighted by molar-refractivity contribution is -0.120. The molecule has 0 aliphatic rings. The summed E-state index contributed by atoms with van der Waals surface area (Å²) in [4.78, 5) is 12.7. The first-order chi connectivity index (χ1) is 9.11. The maximum atomic E-state index is 11.5. The van der Waals surface area contributed by atoms with E-state index >= 15 is 0 Å². The second-order valence-corrected chi connectivity index (χ2v) is 6.34. The summed E-state index contributed by atoms with van der Waals surface area (Å²) in [6.07, 6.45) is 1.55. The number of thioether (sulfide) groups is 1. The van der Waals surface area contributed by atoms with Crippen LogP contribution in [0.4, 0.5) is 0 Å². The summed E-state index contributed by atoms with van der Waals surface area (Å²) in [5, 5.41) is 12.2. The Morgan fingerprint density at radius 3 is 2.74 bits per heavy atom. The van der Waals surface area contributed by atoms with Gasteiger partial charge in [0.15, 0.2) is 0 Å². The van der Waals surface area contributed by atoms with Crippen LogP contribution >= 0.6 is 27.7 Å². The molecule has 0 fully saturated rings. The number of benzene rings is 1. The summed E-state index contributed by atoms with van der Waals surface area (Å²) in [7, 11) is 0. The maximum Gasteiger partial charge on any atom is 0.220 e. The Morgan fingerprint density at radius 2 is 2.11 bits per heavy atom. The van der Waals surface area contributed by atoms with Gasteiger partial charge in [-0.25, -0.2) is 0 Å². The molecule has 1 rings (SSSR count). The van der Waals surface area contributed by atoms with Gasteiger partial charge in [-0.1, -0.05) is 22.9 Å². The van der Waals surface area contributed by atoms with E-state index in [4.69, 9.17) is 0 Å². The topological polar surface area (TPSA) is 49.3 Å². The van der Waals surface area contributed by atoms with Gasteiger partial charge in [-0.05, 0) is 37.1 Å². The van der Waals surface area contributed by atoms with Crippen molar-refractivity contribution in [1.82, 2.24) is 5.32 Å². The van der Waals surface area contributed by atoms with Crippen molar-refractivity contribution >= 4 is 33.6 Å².